The Morgan fingerprint density at radius 3 is 2.27 bits per heavy atom. The average molecular weight is 433 g/mol. The molecular weight excluding hydrogens is 403 g/mol. The molecule has 2 aromatic rings. The number of carbonyl (C=O) groups is 1. The molecule has 30 heavy (non-hydrogen) atoms. The second-order valence-electron chi connectivity index (χ2n) is 7.94. The third-order valence-electron chi connectivity index (χ3n) is 5.68. The number of nitrogens with zero attached hydrogens (tertiary/aromatic N) is 1. The van der Waals surface area contributed by atoms with Crippen molar-refractivity contribution >= 4 is 15.9 Å². The lowest BCUT2D eigenvalue weighted by Gasteiger charge is -2.31. The van der Waals surface area contributed by atoms with Crippen molar-refractivity contribution in [2.45, 2.75) is 44.9 Å². The Labute approximate surface area is 178 Å². The van der Waals surface area contributed by atoms with Crippen LogP contribution in [0, 0.1) is 18.7 Å². The molecule has 1 amide bonds. The predicted molar refractivity (Wildman–Crippen MR) is 116 cm³/mol. The summed E-state index contributed by atoms with van der Waals surface area (Å²) in [5.41, 5.74) is 2.81. The van der Waals surface area contributed by atoms with E-state index in [4.69, 9.17) is 0 Å². The SMILES string of the molecule is CC[C@@H](NC(=O)C1CCN(S(=O)(=O)Cc2ccc(F)cc2)CC1)c1ccc(C)cc1. The quantitative estimate of drug-likeness (QED) is 0.721. The van der Waals surface area contributed by atoms with Gasteiger partial charge in [-0.25, -0.2) is 17.1 Å². The van der Waals surface area contributed by atoms with Crippen molar-refractivity contribution in [2.75, 3.05) is 13.1 Å². The lowest BCUT2D eigenvalue weighted by Crippen LogP contribution is -2.44. The largest absolute Gasteiger partial charge is 0.349 e. The molecule has 0 unspecified atom stereocenters. The van der Waals surface area contributed by atoms with Gasteiger partial charge in [-0.15, -0.1) is 0 Å². The first-order valence-corrected chi connectivity index (χ1v) is 12.0. The lowest BCUT2D eigenvalue weighted by atomic mass is 9.95. The minimum absolute atomic E-state index is 0.0157. The number of sulfonamides is 1. The standard InChI is InChI=1S/C23H29FN2O3S/c1-3-22(19-8-4-17(2)5-9-19)25-23(27)20-12-14-26(15-13-20)30(28,29)16-18-6-10-21(24)11-7-18/h4-11,20,22H,3,12-16H2,1-2H3,(H,25,27)/t22-/m1/s1. The van der Waals surface area contributed by atoms with E-state index in [1.807, 2.05) is 38.1 Å². The van der Waals surface area contributed by atoms with E-state index in [9.17, 15) is 17.6 Å². The zero-order valence-corrected chi connectivity index (χ0v) is 18.3. The topological polar surface area (TPSA) is 66.5 Å². The van der Waals surface area contributed by atoms with Crippen LogP contribution in [0.5, 0.6) is 0 Å². The second-order valence-corrected chi connectivity index (χ2v) is 9.91. The molecule has 7 heteroatoms. The molecule has 0 bridgehead atoms. The number of rotatable bonds is 7. The fourth-order valence-corrected chi connectivity index (χ4v) is 5.35. The summed E-state index contributed by atoms with van der Waals surface area (Å²) in [6, 6.07) is 13.6. The van der Waals surface area contributed by atoms with E-state index in [0.717, 1.165) is 12.0 Å². The van der Waals surface area contributed by atoms with Crippen LogP contribution in [0.15, 0.2) is 48.5 Å². The first kappa shape index (κ1) is 22.4. The average Bonchev–Trinajstić information content (AvgIpc) is 2.74. The van der Waals surface area contributed by atoms with Crippen LogP contribution in [-0.4, -0.2) is 31.7 Å². The van der Waals surface area contributed by atoms with Crippen molar-refractivity contribution in [3.05, 3.63) is 71.0 Å². The fraction of sp³-hybridized carbons (Fsp3) is 0.435. The maximum Gasteiger partial charge on any atom is 0.223 e. The molecule has 1 aliphatic heterocycles. The monoisotopic (exact) mass is 432 g/mol. The number of hydrogen-bond donors (Lipinski definition) is 1. The molecule has 0 spiro atoms. The smallest absolute Gasteiger partial charge is 0.223 e. The van der Waals surface area contributed by atoms with E-state index in [-0.39, 0.29) is 29.4 Å². The van der Waals surface area contributed by atoms with Crippen LogP contribution in [0.25, 0.3) is 0 Å². The molecule has 1 atom stereocenters. The van der Waals surface area contributed by atoms with Crippen molar-refractivity contribution in [1.29, 1.82) is 0 Å². The molecule has 0 aliphatic carbocycles. The number of carbonyl (C=O) groups excluding carboxylic acids is 1. The number of hydrogen-bond acceptors (Lipinski definition) is 3. The third-order valence-corrected chi connectivity index (χ3v) is 7.53. The minimum atomic E-state index is -3.49. The van der Waals surface area contributed by atoms with Crippen LogP contribution in [0.4, 0.5) is 4.39 Å². The summed E-state index contributed by atoms with van der Waals surface area (Å²) in [7, 11) is -3.49. The molecule has 1 aliphatic rings. The zero-order valence-electron chi connectivity index (χ0n) is 17.5. The van der Waals surface area contributed by atoms with E-state index in [0.29, 0.717) is 31.5 Å². The molecule has 1 heterocycles. The Morgan fingerprint density at radius 2 is 1.70 bits per heavy atom. The predicted octanol–water partition coefficient (Wildman–Crippen LogP) is 3.94. The Hall–Kier alpha value is -2.25. The normalized spacial score (nSPS) is 16.9. The van der Waals surface area contributed by atoms with Crippen molar-refractivity contribution < 1.29 is 17.6 Å². The molecular formula is C23H29FN2O3S. The summed E-state index contributed by atoms with van der Waals surface area (Å²) >= 11 is 0. The molecule has 5 nitrogen and oxygen atoms in total. The maximum absolute atomic E-state index is 13.0. The number of piperidine rings is 1. The Bertz CT molecular complexity index is 951. The highest BCUT2D eigenvalue weighted by molar-refractivity contribution is 7.88. The Kier molecular flexibility index (Phi) is 7.26. The van der Waals surface area contributed by atoms with Gasteiger partial charge in [-0.2, -0.15) is 0 Å². The Morgan fingerprint density at radius 1 is 1.10 bits per heavy atom. The van der Waals surface area contributed by atoms with Crippen molar-refractivity contribution in [1.82, 2.24) is 9.62 Å². The van der Waals surface area contributed by atoms with E-state index in [1.54, 1.807) is 0 Å². The summed E-state index contributed by atoms with van der Waals surface area (Å²) in [5, 5.41) is 3.13. The molecule has 0 radical (unpaired) electrons. The van der Waals surface area contributed by atoms with E-state index in [1.165, 1.54) is 34.1 Å². The van der Waals surface area contributed by atoms with Gasteiger partial charge in [0, 0.05) is 19.0 Å². The van der Waals surface area contributed by atoms with Crippen LogP contribution in [-0.2, 0) is 20.6 Å². The summed E-state index contributed by atoms with van der Waals surface area (Å²) in [6.45, 7) is 4.71. The maximum atomic E-state index is 13.0. The highest BCUT2D eigenvalue weighted by atomic mass is 32.2. The van der Waals surface area contributed by atoms with Crippen LogP contribution in [0.3, 0.4) is 0 Å². The highest BCUT2D eigenvalue weighted by Crippen LogP contribution is 2.24. The molecule has 0 aromatic heterocycles. The fourth-order valence-electron chi connectivity index (χ4n) is 3.79. The van der Waals surface area contributed by atoms with Gasteiger partial charge in [0.2, 0.25) is 15.9 Å². The number of halogens is 1. The van der Waals surface area contributed by atoms with E-state index in [2.05, 4.69) is 5.32 Å². The van der Waals surface area contributed by atoms with Crippen LogP contribution in [0.2, 0.25) is 0 Å². The first-order valence-electron chi connectivity index (χ1n) is 10.4. The van der Waals surface area contributed by atoms with Gasteiger partial charge in [0.25, 0.3) is 0 Å². The number of benzene rings is 2. The first-order chi connectivity index (χ1) is 14.3. The summed E-state index contributed by atoms with van der Waals surface area (Å²) in [5.74, 6) is -0.756. The minimum Gasteiger partial charge on any atom is -0.349 e. The molecule has 1 saturated heterocycles. The van der Waals surface area contributed by atoms with Gasteiger partial charge in [0.1, 0.15) is 5.82 Å². The number of nitrogens with one attached hydrogen (secondary N) is 1. The van der Waals surface area contributed by atoms with Gasteiger partial charge < -0.3 is 5.32 Å². The summed E-state index contributed by atoms with van der Waals surface area (Å²) < 4.78 is 39.8. The molecule has 2 aromatic carbocycles. The van der Waals surface area contributed by atoms with Crippen LogP contribution < -0.4 is 5.32 Å². The number of amides is 1. The second kappa shape index (κ2) is 9.71. The molecule has 162 valence electrons. The van der Waals surface area contributed by atoms with Crippen LogP contribution >= 0.6 is 0 Å². The van der Waals surface area contributed by atoms with Crippen molar-refractivity contribution in [3.8, 4) is 0 Å². The summed E-state index contributed by atoms with van der Waals surface area (Å²) in [6.07, 6.45) is 1.79. The van der Waals surface area contributed by atoms with Crippen LogP contribution in [0.1, 0.15) is 48.9 Å². The van der Waals surface area contributed by atoms with E-state index < -0.39 is 10.0 Å². The van der Waals surface area contributed by atoms with Gasteiger partial charge in [-0.3, -0.25) is 4.79 Å². The van der Waals surface area contributed by atoms with Crippen molar-refractivity contribution in [2.24, 2.45) is 5.92 Å². The van der Waals surface area contributed by atoms with Gasteiger partial charge in [0.15, 0.2) is 0 Å². The molecule has 3 rings (SSSR count). The van der Waals surface area contributed by atoms with Gasteiger partial charge in [-0.1, -0.05) is 48.9 Å². The molecule has 1 fully saturated rings. The zero-order chi connectivity index (χ0) is 21.7. The van der Waals surface area contributed by atoms with E-state index >= 15 is 0 Å². The highest BCUT2D eigenvalue weighted by Gasteiger charge is 2.31. The van der Waals surface area contributed by atoms with Crippen molar-refractivity contribution in [3.63, 3.8) is 0 Å². The third kappa shape index (κ3) is 5.67. The van der Waals surface area contributed by atoms with Gasteiger partial charge in [-0.05, 0) is 49.4 Å². The number of aryl methyl sites for hydroxylation is 1. The summed E-state index contributed by atoms with van der Waals surface area (Å²) in [4.78, 5) is 12.8. The lowest BCUT2D eigenvalue weighted by molar-refractivity contribution is -0.126. The Balaban J connectivity index is 1.55. The molecule has 0 saturated carbocycles. The molecule has 1 N–H and O–H groups in total. The van der Waals surface area contributed by atoms with Gasteiger partial charge >= 0.3 is 0 Å². The van der Waals surface area contributed by atoms with Gasteiger partial charge in [0.05, 0.1) is 11.8 Å².